The highest BCUT2D eigenvalue weighted by molar-refractivity contribution is 5.39. The normalized spacial score (nSPS) is 26.3. The minimum absolute atomic E-state index is 0.0882. The van der Waals surface area contributed by atoms with E-state index in [1.54, 1.807) is 0 Å². The summed E-state index contributed by atoms with van der Waals surface area (Å²) in [6.07, 6.45) is 5.84. The van der Waals surface area contributed by atoms with Crippen molar-refractivity contribution < 1.29 is 4.74 Å². The number of ether oxygens (including phenoxy) is 1. The molecule has 2 atom stereocenters. The number of piperidine rings is 1. The molecule has 0 radical (unpaired) electrons. The molecule has 2 fully saturated rings. The van der Waals surface area contributed by atoms with Gasteiger partial charge in [0, 0.05) is 30.6 Å². The molecule has 0 saturated carbocycles. The average molecular weight is 360 g/mol. The Morgan fingerprint density at radius 1 is 1.00 bits per heavy atom. The van der Waals surface area contributed by atoms with Crippen LogP contribution >= 0.6 is 0 Å². The zero-order valence-corrected chi connectivity index (χ0v) is 16.1. The molecular formula is C25H29NO. The SMILES string of the molecule is C=C(C1CCc2ccccc21)N1CCC2(CC1)CC(c1ccccc1)CO2. The van der Waals surface area contributed by atoms with Crippen LogP contribution in [0.4, 0.5) is 0 Å². The summed E-state index contributed by atoms with van der Waals surface area (Å²) in [5, 5.41) is 0. The third kappa shape index (κ3) is 3.10. The van der Waals surface area contributed by atoms with Gasteiger partial charge in [-0.3, -0.25) is 0 Å². The topological polar surface area (TPSA) is 12.5 Å². The van der Waals surface area contributed by atoms with Crippen LogP contribution in [0.15, 0.2) is 66.9 Å². The lowest BCUT2D eigenvalue weighted by Gasteiger charge is -2.42. The van der Waals surface area contributed by atoms with Crippen molar-refractivity contribution in [2.75, 3.05) is 19.7 Å². The first-order valence-corrected chi connectivity index (χ1v) is 10.4. The summed E-state index contributed by atoms with van der Waals surface area (Å²) in [5.74, 6) is 1.07. The van der Waals surface area contributed by atoms with Crippen LogP contribution < -0.4 is 0 Å². The molecular weight excluding hydrogens is 330 g/mol. The minimum Gasteiger partial charge on any atom is -0.375 e. The maximum Gasteiger partial charge on any atom is 0.0723 e. The van der Waals surface area contributed by atoms with E-state index in [-0.39, 0.29) is 5.60 Å². The fourth-order valence-electron chi connectivity index (χ4n) is 5.46. The van der Waals surface area contributed by atoms with Crippen LogP contribution in [0, 0.1) is 0 Å². The van der Waals surface area contributed by atoms with Crippen molar-refractivity contribution >= 4 is 0 Å². The molecule has 2 aromatic rings. The van der Waals surface area contributed by atoms with Gasteiger partial charge in [0.1, 0.15) is 0 Å². The molecule has 0 amide bonds. The molecule has 5 rings (SSSR count). The Balaban J connectivity index is 1.23. The maximum atomic E-state index is 6.40. The fraction of sp³-hybridized carbons (Fsp3) is 0.440. The fourth-order valence-corrected chi connectivity index (χ4v) is 5.46. The molecule has 2 nitrogen and oxygen atoms in total. The third-order valence-electron chi connectivity index (χ3n) is 7.10. The van der Waals surface area contributed by atoms with Gasteiger partial charge in [-0.1, -0.05) is 61.2 Å². The number of hydrogen-bond acceptors (Lipinski definition) is 2. The molecule has 1 spiro atoms. The zero-order valence-electron chi connectivity index (χ0n) is 16.1. The Hall–Kier alpha value is -2.06. The summed E-state index contributed by atoms with van der Waals surface area (Å²) in [5.41, 5.74) is 5.87. The standard InChI is InChI=1S/C25H29NO/c1-19(23-12-11-21-9-5-6-10-24(21)23)26-15-13-25(14-16-26)17-22(18-27-25)20-7-3-2-4-8-20/h2-10,22-23H,1,11-18H2. The lowest BCUT2D eigenvalue weighted by atomic mass is 9.82. The van der Waals surface area contributed by atoms with Gasteiger partial charge < -0.3 is 9.64 Å². The summed E-state index contributed by atoms with van der Waals surface area (Å²) in [4.78, 5) is 2.54. The van der Waals surface area contributed by atoms with Crippen LogP contribution in [-0.4, -0.2) is 30.2 Å². The quantitative estimate of drug-likeness (QED) is 0.740. The van der Waals surface area contributed by atoms with Crippen molar-refractivity contribution in [3.8, 4) is 0 Å². The van der Waals surface area contributed by atoms with Crippen molar-refractivity contribution in [1.29, 1.82) is 0 Å². The van der Waals surface area contributed by atoms with Gasteiger partial charge in [-0.2, -0.15) is 0 Å². The van der Waals surface area contributed by atoms with Gasteiger partial charge in [-0.25, -0.2) is 0 Å². The van der Waals surface area contributed by atoms with Crippen LogP contribution in [0.25, 0.3) is 0 Å². The lowest BCUT2D eigenvalue weighted by Crippen LogP contribution is -2.44. The molecule has 2 unspecified atom stereocenters. The number of nitrogens with zero attached hydrogens (tertiary/aromatic N) is 1. The first-order chi connectivity index (χ1) is 13.2. The first-order valence-electron chi connectivity index (χ1n) is 10.4. The lowest BCUT2D eigenvalue weighted by molar-refractivity contribution is -0.0386. The molecule has 3 aliphatic rings. The molecule has 2 heterocycles. The van der Waals surface area contributed by atoms with E-state index in [4.69, 9.17) is 4.74 Å². The van der Waals surface area contributed by atoms with E-state index < -0.39 is 0 Å². The molecule has 0 bridgehead atoms. The second kappa shape index (κ2) is 6.83. The molecule has 1 aliphatic carbocycles. The van der Waals surface area contributed by atoms with E-state index in [1.807, 2.05) is 0 Å². The zero-order chi connectivity index (χ0) is 18.3. The predicted octanol–water partition coefficient (Wildman–Crippen LogP) is 5.27. The highest BCUT2D eigenvalue weighted by Gasteiger charge is 2.43. The monoisotopic (exact) mass is 359 g/mol. The number of aryl methyl sites for hydroxylation is 1. The van der Waals surface area contributed by atoms with Crippen LogP contribution in [0.1, 0.15) is 54.2 Å². The van der Waals surface area contributed by atoms with E-state index in [2.05, 4.69) is 66.1 Å². The highest BCUT2D eigenvalue weighted by atomic mass is 16.5. The summed E-state index contributed by atoms with van der Waals surface area (Å²) >= 11 is 0. The van der Waals surface area contributed by atoms with Crippen LogP contribution in [0.5, 0.6) is 0 Å². The van der Waals surface area contributed by atoms with Gasteiger partial charge in [0.25, 0.3) is 0 Å². The Morgan fingerprint density at radius 2 is 1.74 bits per heavy atom. The summed E-state index contributed by atoms with van der Waals surface area (Å²) in [6, 6.07) is 19.8. The van der Waals surface area contributed by atoms with Crippen molar-refractivity contribution in [1.82, 2.24) is 4.90 Å². The van der Waals surface area contributed by atoms with E-state index in [0.29, 0.717) is 11.8 Å². The molecule has 2 saturated heterocycles. The smallest absolute Gasteiger partial charge is 0.0723 e. The Bertz CT molecular complexity index is 819. The molecule has 27 heavy (non-hydrogen) atoms. The summed E-state index contributed by atoms with van der Waals surface area (Å²) < 4.78 is 6.40. The largest absolute Gasteiger partial charge is 0.375 e. The number of allylic oxidation sites excluding steroid dienone is 1. The van der Waals surface area contributed by atoms with Gasteiger partial charge in [0.15, 0.2) is 0 Å². The van der Waals surface area contributed by atoms with Gasteiger partial charge in [0.05, 0.1) is 12.2 Å². The van der Waals surface area contributed by atoms with Crippen LogP contribution in [0.3, 0.4) is 0 Å². The second-order valence-electron chi connectivity index (χ2n) is 8.57. The molecule has 0 aromatic heterocycles. The predicted molar refractivity (Wildman–Crippen MR) is 110 cm³/mol. The second-order valence-corrected chi connectivity index (χ2v) is 8.57. The maximum absolute atomic E-state index is 6.40. The van der Waals surface area contributed by atoms with Crippen molar-refractivity contribution in [3.05, 3.63) is 83.6 Å². The van der Waals surface area contributed by atoms with Gasteiger partial charge in [-0.15, -0.1) is 0 Å². The Morgan fingerprint density at radius 3 is 2.56 bits per heavy atom. The molecule has 2 aliphatic heterocycles. The molecule has 0 N–H and O–H groups in total. The summed E-state index contributed by atoms with van der Waals surface area (Å²) in [7, 11) is 0. The van der Waals surface area contributed by atoms with E-state index in [9.17, 15) is 0 Å². The van der Waals surface area contributed by atoms with Crippen molar-refractivity contribution in [3.63, 3.8) is 0 Å². The number of rotatable bonds is 3. The van der Waals surface area contributed by atoms with E-state index in [0.717, 1.165) is 32.5 Å². The Labute approximate surface area is 162 Å². The number of benzene rings is 2. The van der Waals surface area contributed by atoms with Crippen molar-refractivity contribution in [2.24, 2.45) is 0 Å². The highest BCUT2D eigenvalue weighted by Crippen LogP contribution is 2.45. The molecule has 2 aromatic carbocycles. The van der Waals surface area contributed by atoms with Crippen LogP contribution in [0.2, 0.25) is 0 Å². The third-order valence-corrected chi connectivity index (χ3v) is 7.10. The van der Waals surface area contributed by atoms with E-state index in [1.165, 1.54) is 41.6 Å². The molecule has 140 valence electrons. The first kappa shape index (κ1) is 17.1. The van der Waals surface area contributed by atoms with Crippen molar-refractivity contribution in [2.45, 2.75) is 49.5 Å². The minimum atomic E-state index is 0.0882. The van der Waals surface area contributed by atoms with Crippen LogP contribution in [-0.2, 0) is 11.2 Å². The van der Waals surface area contributed by atoms with Gasteiger partial charge in [-0.05, 0) is 48.8 Å². The molecule has 2 heteroatoms. The Kier molecular flexibility index (Phi) is 4.32. The number of fused-ring (bicyclic) bond motifs is 1. The van der Waals surface area contributed by atoms with Gasteiger partial charge >= 0.3 is 0 Å². The van der Waals surface area contributed by atoms with Gasteiger partial charge in [0.2, 0.25) is 0 Å². The summed E-state index contributed by atoms with van der Waals surface area (Å²) in [6.45, 7) is 7.56. The number of likely N-dealkylation sites (tertiary alicyclic amines) is 1. The average Bonchev–Trinajstić information content (AvgIpc) is 3.34. The van der Waals surface area contributed by atoms with E-state index >= 15 is 0 Å². The number of hydrogen-bond donors (Lipinski definition) is 0.